The van der Waals surface area contributed by atoms with E-state index in [1.807, 2.05) is 55.6 Å². The first-order chi connectivity index (χ1) is 11.1. The number of hydrogen-bond acceptors (Lipinski definition) is 2. The van der Waals surface area contributed by atoms with Gasteiger partial charge >= 0.3 is 0 Å². The first-order valence-corrected chi connectivity index (χ1v) is 7.90. The van der Waals surface area contributed by atoms with E-state index in [2.05, 4.69) is 5.32 Å². The van der Waals surface area contributed by atoms with E-state index >= 15 is 0 Å². The van der Waals surface area contributed by atoms with Crippen molar-refractivity contribution in [2.24, 2.45) is 0 Å². The fourth-order valence-electron chi connectivity index (χ4n) is 2.34. The van der Waals surface area contributed by atoms with Crippen LogP contribution in [0.25, 0.3) is 0 Å². The third kappa shape index (κ3) is 5.93. The third-order valence-electron chi connectivity index (χ3n) is 3.51. The lowest BCUT2D eigenvalue weighted by molar-refractivity contribution is -0.885. The smallest absolute Gasteiger partial charge is 0.275 e. The number of rotatable bonds is 7. The summed E-state index contributed by atoms with van der Waals surface area (Å²) in [6.45, 7) is 1.70. The lowest BCUT2D eigenvalue weighted by atomic mass is 10.2. The Kier molecular flexibility index (Phi) is 6.44. The Bertz CT molecular complexity index is 644. The molecule has 1 amide bonds. The molecule has 0 aromatic heterocycles. The summed E-state index contributed by atoms with van der Waals surface area (Å²) in [7, 11) is 3.63. The van der Waals surface area contributed by atoms with Crippen molar-refractivity contribution in [3.63, 3.8) is 0 Å². The number of nitrogens with one attached hydrogen (secondary N) is 2. The average molecular weight is 334 g/mol. The van der Waals surface area contributed by atoms with Gasteiger partial charge in [0.15, 0.2) is 6.54 Å². The standard InChI is InChI=1S/C18H21ClN2O2/c1-21(12-15-4-3-5-16(19)10-15)13-18(22)20-11-14-6-8-17(23-2)9-7-14/h3-10H,11-13H2,1-2H3,(H,20,22)/p+1. The number of carbonyl (C=O) groups is 1. The van der Waals surface area contributed by atoms with Gasteiger partial charge in [-0.15, -0.1) is 0 Å². The summed E-state index contributed by atoms with van der Waals surface area (Å²) in [5, 5.41) is 3.66. The van der Waals surface area contributed by atoms with Crippen LogP contribution in [-0.2, 0) is 17.9 Å². The predicted octanol–water partition coefficient (Wildman–Crippen LogP) is 1.68. The minimum atomic E-state index is 0.0281. The van der Waals surface area contributed by atoms with Crippen LogP contribution >= 0.6 is 11.6 Å². The van der Waals surface area contributed by atoms with Crippen molar-refractivity contribution in [3.8, 4) is 5.75 Å². The average Bonchev–Trinajstić information content (AvgIpc) is 2.53. The number of carbonyl (C=O) groups excluding carboxylic acids is 1. The predicted molar refractivity (Wildman–Crippen MR) is 91.8 cm³/mol. The van der Waals surface area contributed by atoms with Gasteiger partial charge in [0.05, 0.1) is 14.2 Å². The zero-order valence-electron chi connectivity index (χ0n) is 13.4. The SMILES string of the molecule is COc1ccc(CNC(=O)C[NH+](C)Cc2cccc(Cl)c2)cc1. The molecule has 0 saturated carbocycles. The highest BCUT2D eigenvalue weighted by Gasteiger charge is 2.10. The second kappa shape index (κ2) is 8.56. The molecule has 2 N–H and O–H groups in total. The minimum Gasteiger partial charge on any atom is -0.497 e. The Hall–Kier alpha value is -2.04. The van der Waals surface area contributed by atoms with Gasteiger partial charge < -0.3 is 15.0 Å². The summed E-state index contributed by atoms with van der Waals surface area (Å²) in [4.78, 5) is 13.1. The summed E-state index contributed by atoms with van der Waals surface area (Å²) >= 11 is 5.98. The fraction of sp³-hybridized carbons (Fsp3) is 0.278. The highest BCUT2D eigenvalue weighted by atomic mass is 35.5. The second-order valence-electron chi connectivity index (χ2n) is 5.57. The van der Waals surface area contributed by atoms with E-state index in [1.54, 1.807) is 7.11 Å². The number of quaternary nitrogens is 1. The first-order valence-electron chi connectivity index (χ1n) is 7.52. The van der Waals surface area contributed by atoms with Crippen LogP contribution in [0.5, 0.6) is 5.75 Å². The molecule has 0 fully saturated rings. The molecular weight excluding hydrogens is 312 g/mol. The van der Waals surface area contributed by atoms with Crippen molar-refractivity contribution < 1.29 is 14.4 Å². The Morgan fingerprint density at radius 1 is 1.17 bits per heavy atom. The van der Waals surface area contributed by atoms with Crippen molar-refractivity contribution >= 4 is 17.5 Å². The Morgan fingerprint density at radius 3 is 2.57 bits per heavy atom. The number of halogens is 1. The van der Waals surface area contributed by atoms with Crippen LogP contribution in [-0.4, -0.2) is 26.6 Å². The number of hydrogen-bond donors (Lipinski definition) is 2. The normalized spacial score (nSPS) is 11.8. The molecule has 1 unspecified atom stereocenters. The topological polar surface area (TPSA) is 42.8 Å². The lowest BCUT2D eigenvalue weighted by Crippen LogP contribution is -3.08. The summed E-state index contributed by atoms with van der Waals surface area (Å²) in [5.74, 6) is 0.839. The molecular formula is C18H22ClN2O2+. The summed E-state index contributed by atoms with van der Waals surface area (Å²) in [5.41, 5.74) is 2.17. The van der Waals surface area contributed by atoms with E-state index in [0.29, 0.717) is 13.1 Å². The van der Waals surface area contributed by atoms with Gasteiger partial charge in [0.1, 0.15) is 12.3 Å². The maximum absolute atomic E-state index is 12.0. The molecule has 23 heavy (non-hydrogen) atoms. The number of amides is 1. The quantitative estimate of drug-likeness (QED) is 0.809. The molecule has 1 atom stereocenters. The molecule has 0 heterocycles. The Balaban J connectivity index is 1.77. The van der Waals surface area contributed by atoms with E-state index in [-0.39, 0.29) is 5.91 Å². The van der Waals surface area contributed by atoms with E-state index in [4.69, 9.17) is 16.3 Å². The molecule has 4 nitrogen and oxygen atoms in total. The van der Waals surface area contributed by atoms with Crippen molar-refractivity contribution in [3.05, 3.63) is 64.7 Å². The maximum atomic E-state index is 12.0. The van der Waals surface area contributed by atoms with Gasteiger partial charge in [-0.25, -0.2) is 0 Å². The van der Waals surface area contributed by atoms with Crippen LogP contribution in [0.2, 0.25) is 5.02 Å². The van der Waals surface area contributed by atoms with Crippen LogP contribution in [0.15, 0.2) is 48.5 Å². The van der Waals surface area contributed by atoms with Crippen molar-refractivity contribution in [1.29, 1.82) is 0 Å². The summed E-state index contributed by atoms with van der Waals surface area (Å²) < 4.78 is 5.11. The largest absolute Gasteiger partial charge is 0.497 e. The molecule has 2 aromatic rings. The Morgan fingerprint density at radius 2 is 1.91 bits per heavy atom. The Labute approximate surface area is 142 Å². The molecule has 0 saturated heterocycles. The van der Waals surface area contributed by atoms with E-state index < -0.39 is 0 Å². The zero-order chi connectivity index (χ0) is 16.7. The molecule has 2 aromatic carbocycles. The van der Waals surface area contributed by atoms with E-state index in [1.165, 1.54) is 0 Å². The van der Waals surface area contributed by atoms with E-state index in [0.717, 1.165) is 33.3 Å². The molecule has 122 valence electrons. The van der Waals surface area contributed by atoms with Crippen LogP contribution < -0.4 is 15.0 Å². The van der Waals surface area contributed by atoms with Crippen molar-refractivity contribution in [1.82, 2.24) is 5.32 Å². The molecule has 0 aliphatic carbocycles. The molecule has 0 spiro atoms. The molecule has 2 rings (SSSR count). The van der Waals surface area contributed by atoms with E-state index in [9.17, 15) is 4.79 Å². The van der Waals surface area contributed by atoms with Gasteiger partial charge in [0, 0.05) is 17.1 Å². The maximum Gasteiger partial charge on any atom is 0.275 e. The van der Waals surface area contributed by atoms with Gasteiger partial charge in [-0.3, -0.25) is 4.79 Å². The number of ether oxygens (including phenoxy) is 1. The van der Waals surface area contributed by atoms with Crippen LogP contribution in [0.4, 0.5) is 0 Å². The van der Waals surface area contributed by atoms with Crippen molar-refractivity contribution in [2.45, 2.75) is 13.1 Å². The second-order valence-corrected chi connectivity index (χ2v) is 6.00. The van der Waals surface area contributed by atoms with Crippen molar-refractivity contribution in [2.75, 3.05) is 20.7 Å². The minimum absolute atomic E-state index is 0.0281. The third-order valence-corrected chi connectivity index (χ3v) is 3.74. The monoisotopic (exact) mass is 333 g/mol. The fourth-order valence-corrected chi connectivity index (χ4v) is 2.55. The first kappa shape index (κ1) is 17.3. The van der Waals surface area contributed by atoms with Gasteiger partial charge in [0.25, 0.3) is 5.91 Å². The van der Waals surface area contributed by atoms with Gasteiger partial charge in [0.2, 0.25) is 0 Å². The lowest BCUT2D eigenvalue weighted by Gasteiger charge is -2.14. The molecule has 0 bridgehead atoms. The van der Waals surface area contributed by atoms with Gasteiger partial charge in [-0.2, -0.15) is 0 Å². The number of likely N-dealkylation sites (N-methyl/N-ethyl adjacent to an activating group) is 1. The van der Waals surface area contributed by atoms with Gasteiger partial charge in [-0.05, 0) is 29.8 Å². The van der Waals surface area contributed by atoms with Crippen LogP contribution in [0.1, 0.15) is 11.1 Å². The summed E-state index contributed by atoms with van der Waals surface area (Å²) in [6.07, 6.45) is 0. The number of benzene rings is 2. The molecule has 0 aliphatic heterocycles. The highest BCUT2D eigenvalue weighted by molar-refractivity contribution is 6.30. The number of methoxy groups -OCH3 is 1. The van der Waals surface area contributed by atoms with Crippen LogP contribution in [0, 0.1) is 0 Å². The van der Waals surface area contributed by atoms with Crippen LogP contribution in [0.3, 0.4) is 0 Å². The zero-order valence-corrected chi connectivity index (χ0v) is 14.2. The summed E-state index contributed by atoms with van der Waals surface area (Å²) in [6, 6.07) is 15.4. The molecule has 0 radical (unpaired) electrons. The highest BCUT2D eigenvalue weighted by Crippen LogP contribution is 2.11. The van der Waals surface area contributed by atoms with Gasteiger partial charge in [-0.1, -0.05) is 35.9 Å². The molecule has 0 aliphatic rings. The molecule has 5 heteroatoms.